The molecule has 0 unspecified atom stereocenters. The summed E-state index contributed by atoms with van der Waals surface area (Å²) in [6.45, 7) is 4.49. The van der Waals surface area contributed by atoms with E-state index >= 15 is 0 Å². The molecule has 5 nitrogen and oxygen atoms in total. The highest BCUT2D eigenvalue weighted by atomic mass is 35.7. The van der Waals surface area contributed by atoms with E-state index in [1.165, 1.54) is 16.3 Å². The van der Waals surface area contributed by atoms with E-state index in [0.717, 1.165) is 0 Å². The van der Waals surface area contributed by atoms with Crippen molar-refractivity contribution in [1.82, 2.24) is 0 Å². The van der Waals surface area contributed by atoms with Crippen molar-refractivity contribution in [2.75, 3.05) is 0 Å². The van der Waals surface area contributed by atoms with Crippen molar-refractivity contribution >= 4 is 10.8 Å². The number of fused-ring (bicyclic) bond motifs is 1. The summed E-state index contributed by atoms with van der Waals surface area (Å²) in [5, 5.41) is 2.55. The monoisotopic (exact) mass is 347 g/mol. The molecule has 1 aromatic heterocycles. The van der Waals surface area contributed by atoms with Crippen LogP contribution in [0.25, 0.3) is 10.8 Å². The van der Waals surface area contributed by atoms with Crippen LogP contribution in [0.2, 0.25) is 0 Å². The van der Waals surface area contributed by atoms with Gasteiger partial charge in [0.1, 0.15) is 0 Å². The van der Waals surface area contributed by atoms with E-state index in [2.05, 4.69) is 91.5 Å². The van der Waals surface area contributed by atoms with E-state index < -0.39 is 10.2 Å². The fourth-order valence-electron chi connectivity index (χ4n) is 2.48. The summed E-state index contributed by atoms with van der Waals surface area (Å²) in [4.78, 5) is 0. The van der Waals surface area contributed by atoms with Gasteiger partial charge in [-0.25, -0.2) is 18.6 Å². The van der Waals surface area contributed by atoms with Gasteiger partial charge in [0.25, 0.3) is 0 Å². The van der Waals surface area contributed by atoms with Crippen molar-refractivity contribution in [1.29, 1.82) is 0 Å². The molecule has 0 aliphatic rings. The van der Waals surface area contributed by atoms with Gasteiger partial charge in [0.15, 0.2) is 17.9 Å². The Hall–Kier alpha value is -2.02. The first-order valence-corrected chi connectivity index (χ1v) is 8.49. The van der Waals surface area contributed by atoms with Crippen LogP contribution in [0.5, 0.6) is 0 Å². The van der Waals surface area contributed by atoms with Crippen molar-refractivity contribution < 1.29 is 33.4 Å². The Morgan fingerprint density at radius 1 is 0.750 bits per heavy atom. The molecular weight excluding hydrogens is 330 g/mol. The smallest absolute Gasteiger partial charge is 0.187 e. The van der Waals surface area contributed by atoms with Gasteiger partial charge in [0, 0.05) is 30.9 Å². The van der Waals surface area contributed by atoms with Gasteiger partial charge >= 0.3 is 0 Å². The summed E-state index contributed by atoms with van der Waals surface area (Å²) in [7, 11) is -4.94. The number of hydrogen-bond acceptors (Lipinski definition) is 4. The van der Waals surface area contributed by atoms with E-state index in [1.807, 2.05) is 0 Å². The Morgan fingerprint density at radius 2 is 1.25 bits per heavy atom. The average Bonchev–Trinajstić information content (AvgIpc) is 2.53. The van der Waals surface area contributed by atoms with Crippen LogP contribution in [0.15, 0.2) is 73.1 Å². The fourth-order valence-corrected chi connectivity index (χ4v) is 2.48. The zero-order chi connectivity index (χ0) is 17.8. The molecule has 0 saturated heterocycles. The molecule has 0 radical (unpaired) electrons. The van der Waals surface area contributed by atoms with Gasteiger partial charge in [0.05, 0.1) is 0 Å². The maximum absolute atomic E-state index is 8.49. The van der Waals surface area contributed by atoms with E-state index in [0.29, 0.717) is 0 Å². The SMILES string of the molecule is CC(C)(c1ccccc1)[n+]1ccc2ccccc2c1.[O-][Cl+3]([O-])([O-])[O-]. The molecule has 3 rings (SSSR count). The minimum Gasteiger partial charge on any atom is -0.222 e. The molecule has 3 aromatic rings. The highest BCUT2D eigenvalue weighted by molar-refractivity contribution is 5.80. The Balaban J connectivity index is 0.000000368. The minimum absolute atomic E-state index is 0.0503. The lowest BCUT2D eigenvalue weighted by Gasteiger charge is -2.20. The fraction of sp³-hybridized carbons (Fsp3) is 0.167. The molecule has 0 aliphatic carbocycles. The van der Waals surface area contributed by atoms with Gasteiger partial charge < -0.3 is 0 Å². The van der Waals surface area contributed by atoms with E-state index in [-0.39, 0.29) is 5.54 Å². The lowest BCUT2D eigenvalue weighted by molar-refractivity contribution is -2.00. The molecule has 0 bridgehead atoms. The van der Waals surface area contributed by atoms with Crippen molar-refractivity contribution in [2.24, 2.45) is 0 Å². The van der Waals surface area contributed by atoms with Crippen LogP contribution in [0, 0.1) is 10.2 Å². The summed E-state index contributed by atoms with van der Waals surface area (Å²) in [6, 6.07) is 21.3. The Kier molecular flexibility index (Phi) is 5.54. The molecule has 24 heavy (non-hydrogen) atoms. The highest BCUT2D eigenvalue weighted by Crippen LogP contribution is 2.20. The molecule has 2 aromatic carbocycles. The zero-order valence-electron chi connectivity index (χ0n) is 13.4. The molecule has 126 valence electrons. The third-order valence-corrected chi connectivity index (χ3v) is 3.81. The van der Waals surface area contributed by atoms with Crippen LogP contribution >= 0.6 is 0 Å². The summed E-state index contributed by atoms with van der Waals surface area (Å²) in [5.74, 6) is 0. The first kappa shape index (κ1) is 18.3. The predicted octanol–water partition coefficient (Wildman–Crippen LogP) is -0.845. The van der Waals surface area contributed by atoms with Gasteiger partial charge in [-0.1, -0.05) is 48.5 Å². The molecule has 0 aliphatic heterocycles. The van der Waals surface area contributed by atoms with E-state index in [1.54, 1.807) is 0 Å². The Bertz CT molecular complexity index is 795. The van der Waals surface area contributed by atoms with Crippen LogP contribution in [0.1, 0.15) is 19.4 Å². The average molecular weight is 348 g/mol. The molecule has 1 heterocycles. The standard InChI is InChI=1S/C18H18N.ClHO4/c1-18(2,17-10-4-3-5-11-17)19-13-12-15-8-6-7-9-16(15)14-19;2-1(3,4)5/h3-14H,1-2H3;(H,2,3,4,5)/q+1;/p-1. The number of halogens is 1. The maximum atomic E-state index is 8.49. The van der Waals surface area contributed by atoms with Crippen LogP contribution in [0.4, 0.5) is 0 Å². The highest BCUT2D eigenvalue weighted by Gasteiger charge is 2.30. The quantitative estimate of drug-likeness (QED) is 0.564. The third kappa shape index (κ3) is 4.99. The van der Waals surface area contributed by atoms with Crippen molar-refractivity contribution in [2.45, 2.75) is 19.4 Å². The van der Waals surface area contributed by atoms with Crippen molar-refractivity contribution in [3.05, 3.63) is 78.6 Å². The topological polar surface area (TPSA) is 96.1 Å². The van der Waals surface area contributed by atoms with Gasteiger partial charge in [0.2, 0.25) is 0 Å². The summed E-state index contributed by atoms with van der Waals surface area (Å²) < 4.78 is 36.3. The number of hydrogen-bond donors (Lipinski definition) is 0. The number of aromatic nitrogens is 1. The first-order chi connectivity index (χ1) is 11.2. The Morgan fingerprint density at radius 3 is 1.83 bits per heavy atom. The normalized spacial score (nSPS) is 11.8. The maximum Gasteiger partial charge on any atom is 0.187 e. The second-order valence-electron chi connectivity index (χ2n) is 5.78. The first-order valence-electron chi connectivity index (χ1n) is 7.26. The molecule has 0 spiro atoms. The van der Waals surface area contributed by atoms with Gasteiger partial charge in [-0.15, -0.1) is 10.2 Å². The number of nitrogens with zero attached hydrogens (tertiary/aromatic N) is 1. The molecule has 0 amide bonds. The van der Waals surface area contributed by atoms with Crippen LogP contribution in [0.3, 0.4) is 0 Å². The minimum atomic E-state index is -4.94. The molecule has 6 heteroatoms. The number of benzene rings is 2. The predicted molar refractivity (Wildman–Crippen MR) is 79.0 cm³/mol. The summed E-state index contributed by atoms with van der Waals surface area (Å²) in [6.07, 6.45) is 4.39. The molecular formula is C18H18ClNO4. The largest absolute Gasteiger partial charge is 0.222 e. The molecule has 0 N–H and O–H groups in total. The van der Waals surface area contributed by atoms with Gasteiger partial charge in [-0.3, -0.25) is 0 Å². The lowest BCUT2D eigenvalue weighted by Crippen LogP contribution is -2.68. The number of rotatable bonds is 2. The third-order valence-electron chi connectivity index (χ3n) is 3.81. The van der Waals surface area contributed by atoms with Crippen LogP contribution in [-0.4, -0.2) is 0 Å². The summed E-state index contributed by atoms with van der Waals surface area (Å²) in [5.41, 5.74) is 1.26. The van der Waals surface area contributed by atoms with Crippen molar-refractivity contribution in [3.63, 3.8) is 0 Å². The molecule has 0 saturated carbocycles. The van der Waals surface area contributed by atoms with Crippen LogP contribution < -0.4 is 23.2 Å². The molecule has 0 atom stereocenters. The zero-order valence-corrected chi connectivity index (χ0v) is 14.1. The van der Waals surface area contributed by atoms with Crippen LogP contribution in [-0.2, 0) is 5.54 Å². The van der Waals surface area contributed by atoms with Crippen molar-refractivity contribution in [3.8, 4) is 0 Å². The van der Waals surface area contributed by atoms with E-state index in [9.17, 15) is 0 Å². The van der Waals surface area contributed by atoms with Gasteiger partial charge in [-0.2, -0.15) is 4.57 Å². The van der Waals surface area contributed by atoms with E-state index in [4.69, 9.17) is 18.6 Å². The second kappa shape index (κ2) is 7.25. The summed E-state index contributed by atoms with van der Waals surface area (Å²) >= 11 is 0. The molecule has 0 fully saturated rings. The number of pyridine rings is 1. The van der Waals surface area contributed by atoms with Gasteiger partial charge in [-0.05, 0) is 11.5 Å². The Labute approximate surface area is 142 Å². The lowest BCUT2D eigenvalue weighted by atomic mass is 9.93. The second-order valence-corrected chi connectivity index (χ2v) is 6.54.